The smallest absolute Gasteiger partial charge is 0.168 e. The van der Waals surface area contributed by atoms with E-state index in [1.165, 1.54) is 5.39 Å². The second kappa shape index (κ2) is 12.9. The molecule has 294 valence electrons. The lowest BCUT2D eigenvalue weighted by atomic mass is 10.1. The number of rotatable bonds is 5. The highest BCUT2D eigenvalue weighted by Gasteiger charge is 2.22. The lowest BCUT2D eigenvalue weighted by Crippen LogP contribution is -2.01. The maximum atomic E-state index is 6.59. The number of benzene rings is 9. The Morgan fingerprint density at radius 3 is 1.48 bits per heavy atom. The Kier molecular flexibility index (Phi) is 6.98. The van der Waals surface area contributed by atoms with Crippen LogP contribution >= 0.6 is 0 Å². The Hall–Kier alpha value is -8.68. The van der Waals surface area contributed by atoms with Crippen molar-refractivity contribution in [3.05, 3.63) is 200 Å². The van der Waals surface area contributed by atoms with E-state index >= 15 is 0 Å². The molecule has 14 rings (SSSR count). The molecule has 0 bridgehead atoms. The second-order valence-electron chi connectivity index (χ2n) is 16.2. The summed E-state index contributed by atoms with van der Waals surface area (Å²) >= 11 is 0. The highest BCUT2D eigenvalue weighted by molar-refractivity contribution is 6.24. The van der Waals surface area contributed by atoms with Crippen molar-refractivity contribution in [2.75, 3.05) is 0 Å². The van der Waals surface area contributed by atoms with Crippen molar-refractivity contribution in [2.24, 2.45) is 0 Å². The third-order valence-corrected chi connectivity index (χ3v) is 12.8. The molecule has 0 unspecified atom stereocenters. The molecule has 0 spiro atoms. The Morgan fingerprint density at radius 2 is 0.794 bits per heavy atom. The van der Waals surface area contributed by atoms with Crippen LogP contribution in [0.4, 0.5) is 0 Å². The number of hydrogen-bond acceptors (Lipinski definition) is 4. The van der Waals surface area contributed by atoms with Gasteiger partial charge in [-0.1, -0.05) is 121 Å². The molecular weight excluding hydrogens is 775 g/mol. The van der Waals surface area contributed by atoms with Gasteiger partial charge in [0.25, 0.3) is 0 Å². The topological polar surface area (TPSA) is 66.8 Å². The van der Waals surface area contributed by atoms with Gasteiger partial charge in [0.1, 0.15) is 22.3 Å². The van der Waals surface area contributed by atoms with Gasteiger partial charge < -0.3 is 18.0 Å². The maximum Gasteiger partial charge on any atom is 0.168 e. The molecule has 5 heterocycles. The Balaban J connectivity index is 0.977. The van der Waals surface area contributed by atoms with Crippen LogP contribution in [-0.2, 0) is 0 Å². The number of aromatic nitrogens is 5. The minimum absolute atomic E-state index is 0.781. The number of nitrogens with zero attached hydrogens (tertiary/aromatic N) is 5. The van der Waals surface area contributed by atoms with Gasteiger partial charge in [-0.15, -0.1) is 10.2 Å². The molecule has 0 atom stereocenters. The van der Waals surface area contributed by atoms with Crippen molar-refractivity contribution in [3.8, 4) is 39.8 Å². The van der Waals surface area contributed by atoms with E-state index in [1.54, 1.807) is 0 Å². The third kappa shape index (κ3) is 4.90. The molecule has 0 N–H and O–H groups in total. The molecular formula is C56H33N5O2. The van der Waals surface area contributed by atoms with E-state index in [-0.39, 0.29) is 0 Å². The van der Waals surface area contributed by atoms with Crippen molar-refractivity contribution >= 4 is 87.5 Å². The maximum absolute atomic E-state index is 6.59. The Labute approximate surface area is 358 Å². The summed E-state index contributed by atoms with van der Waals surface area (Å²) < 4.78 is 20.1. The van der Waals surface area contributed by atoms with Gasteiger partial charge in [-0.05, 0) is 78.9 Å². The van der Waals surface area contributed by atoms with E-state index in [4.69, 9.17) is 19.0 Å². The van der Waals surface area contributed by atoms with E-state index in [2.05, 4.69) is 165 Å². The predicted molar refractivity (Wildman–Crippen MR) is 255 cm³/mol. The zero-order valence-corrected chi connectivity index (χ0v) is 33.6. The van der Waals surface area contributed by atoms with Crippen LogP contribution in [0.2, 0.25) is 0 Å². The predicted octanol–water partition coefficient (Wildman–Crippen LogP) is 14.6. The summed E-state index contributed by atoms with van der Waals surface area (Å²) in [7, 11) is 0. The van der Waals surface area contributed by atoms with Crippen molar-refractivity contribution in [3.63, 3.8) is 0 Å². The van der Waals surface area contributed by atoms with E-state index in [0.717, 1.165) is 122 Å². The van der Waals surface area contributed by atoms with Crippen LogP contribution in [0.3, 0.4) is 0 Å². The van der Waals surface area contributed by atoms with E-state index in [1.807, 2.05) is 48.5 Å². The van der Waals surface area contributed by atoms with Crippen LogP contribution in [-0.4, -0.2) is 23.9 Å². The van der Waals surface area contributed by atoms with Gasteiger partial charge in [0.2, 0.25) is 0 Å². The Morgan fingerprint density at radius 1 is 0.302 bits per heavy atom. The quantitative estimate of drug-likeness (QED) is 0.174. The summed E-state index contributed by atoms with van der Waals surface area (Å²) in [6, 6.07) is 70.3. The van der Waals surface area contributed by atoms with Gasteiger partial charge in [-0.25, -0.2) is 0 Å². The van der Waals surface area contributed by atoms with Crippen LogP contribution < -0.4 is 0 Å². The zero-order valence-electron chi connectivity index (χ0n) is 33.6. The highest BCUT2D eigenvalue weighted by atomic mass is 16.3. The molecule has 0 aliphatic carbocycles. The summed E-state index contributed by atoms with van der Waals surface area (Å²) in [5.41, 5.74) is 12.9. The second-order valence-corrected chi connectivity index (χ2v) is 16.2. The lowest BCUT2D eigenvalue weighted by molar-refractivity contribution is 0.668. The molecule has 5 aromatic heterocycles. The summed E-state index contributed by atoms with van der Waals surface area (Å²) in [5, 5.41) is 18.5. The molecule has 0 aliphatic rings. The first-order valence-corrected chi connectivity index (χ1v) is 21.2. The fraction of sp³-hybridized carbons (Fsp3) is 0. The number of furan rings is 2. The molecule has 0 saturated heterocycles. The van der Waals surface area contributed by atoms with Gasteiger partial charge >= 0.3 is 0 Å². The first kappa shape index (κ1) is 34.1. The van der Waals surface area contributed by atoms with Crippen molar-refractivity contribution < 1.29 is 8.83 Å². The first-order valence-electron chi connectivity index (χ1n) is 21.2. The standard InChI is InChI=1S/C56H33N5O2/c1-3-13-34(14-4-1)55-57-58-56(35-15-5-2-6-16-35)61(55)38-23-26-40-39-17-7-10-20-46(39)60(49(40)33-38)37-25-30-52-45(32-37)44-31-36(24-29-51(44)62-52)59-47-21-11-8-19-43(47)53-48(59)28-27-42-41-18-9-12-22-50(41)63-54(42)53/h1-33H. The molecule has 7 nitrogen and oxygen atoms in total. The number of fused-ring (bicyclic) bond motifs is 13. The van der Waals surface area contributed by atoms with E-state index in [0.29, 0.717) is 0 Å². The average Bonchev–Trinajstić information content (AvgIpc) is 4.17. The van der Waals surface area contributed by atoms with Crippen LogP contribution in [0.25, 0.3) is 127 Å². The van der Waals surface area contributed by atoms with Crippen LogP contribution in [0.1, 0.15) is 0 Å². The summed E-state index contributed by atoms with van der Waals surface area (Å²) in [4.78, 5) is 0. The fourth-order valence-electron chi connectivity index (χ4n) is 10.00. The molecule has 14 aromatic rings. The monoisotopic (exact) mass is 807 g/mol. The molecule has 0 fully saturated rings. The molecule has 0 radical (unpaired) electrons. The molecule has 9 aromatic carbocycles. The molecule has 0 amide bonds. The molecule has 0 saturated carbocycles. The van der Waals surface area contributed by atoms with Gasteiger partial charge in [0.05, 0.1) is 33.1 Å². The number of para-hydroxylation sites is 3. The van der Waals surface area contributed by atoms with Crippen molar-refractivity contribution in [1.29, 1.82) is 0 Å². The lowest BCUT2D eigenvalue weighted by Gasteiger charge is -2.13. The summed E-state index contributed by atoms with van der Waals surface area (Å²) in [6.07, 6.45) is 0. The van der Waals surface area contributed by atoms with Crippen LogP contribution in [0.15, 0.2) is 209 Å². The van der Waals surface area contributed by atoms with Gasteiger partial charge in [0.15, 0.2) is 11.6 Å². The molecule has 7 heteroatoms. The van der Waals surface area contributed by atoms with Gasteiger partial charge in [0, 0.05) is 60.2 Å². The zero-order chi connectivity index (χ0) is 41.2. The van der Waals surface area contributed by atoms with Gasteiger partial charge in [-0.3, -0.25) is 4.57 Å². The number of hydrogen-bond donors (Lipinski definition) is 0. The van der Waals surface area contributed by atoms with E-state index in [9.17, 15) is 0 Å². The van der Waals surface area contributed by atoms with Gasteiger partial charge in [-0.2, -0.15) is 0 Å². The molecule has 0 aliphatic heterocycles. The summed E-state index contributed by atoms with van der Waals surface area (Å²) in [6.45, 7) is 0. The normalized spacial score (nSPS) is 12.1. The minimum atomic E-state index is 0.781. The average molecular weight is 808 g/mol. The summed E-state index contributed by atoms with van der Waals surface area (Å²) in [5.74, 6) is 1.56. The third-order valence-electron chi connectivity index (χ3n) is 12.8. The SMILES string of the molecule is c1ccc(-c2nnc(-c3ccccc3)n2-c2ccc3c4ccccc4n(-c4ccc5oc6ccc(-n7c8ccccc8c8c9oc%10ccccc%10c9ccc87)cc6c5c4)c3c2)cc1. The van der Waals surface area contributed by atoms with E-state index < -0.39 is 0 Å². The fourth-order valence-corrected chi connectivity index (χ4v) is 10.00. The van der Waals surface area contributed by atoms with Crippen LogP contribution in [0, 0.1) is 0 Å². The highest BCUT2D eigenvalue weighted by Crippen LogP contribution is 2.42. The Bertz CT molecular complexity index is 4090. The first-order chi connectivity index (χ1) is 31.2. The largest absolute Gasteiger partial charge is 0.456 e. The minimum Gasteiger partial charge on any atom is -0.456 e. The molecule has 63 heavy (non-hydrogen) atoms. The van der Waals surface area contributed by atoms with Crippen molar-refractivity contribution in [1.82, 2.24) is 23.9 Å². The van der Waals surface area contributed by atoms with Crippen molar-refractivity contribution in [2.45, 2.75) is 0 Å². The van der Waals surface area contributed by atoms with Crippen LogP contribution in [0.5, 0.6) is 0 Å².